The Balaban J connectivity index is 2.16. The predicted molar refractivity (Wildman–Crippen MR) is 68.2 cm³/mol. The van der Waals surface area contributed by atoms with Crippen LogP contribution in [0.4, 0.5) is 0 Å². The van der Waals surface area contributed by atoms with Crippen molar-refractivity contribution in [1.82, 2.24) is 10.1 Å². The van der Waals surface area contributed by atoms with Crippen molar-refractivity contribution >= 4 is 21.8 Å². The molecule has 0 bridgehead atoms. The van der Waals surface area contributed by atoms with Crippen molar-refractivity contribution in [3.8, 4) is 0 Å². The number of amides is 1. The van der Waals surface area contributed by atoms with Gasteiger partial charge in [0.2, 0.25) is 0 Å². The summed E-state index contributed by atoms with van der Waals surface area (Å²) in [6.07, 6.45) is 1.47. The van der Waals surface area contributed by atoms with Crippen LogP contribution in [0.2, 0.25) is 0 Å². The molecular weight excluding hydrogens is 300 g/mol. The van der Waals surface area contributed by atoms with Crippen LogP contribution in [0.25, 0.3) is 0 Å². The van der Waals surface area contributed by atoms with E-state index in [2.05, 4.69) is 21.1 Å². The third-order valence-corrected chi connectivity index (χ3v) is 3.39. The molecule has 0 spiro atoms. The lowest BCUT2D eigenvalue weighted by atomic mass is 10.2. The summed E-state index contributed by atoms with van der Waals surface area (Å²) in [6.45, 7) is 4.15. The molecule has 0 atom stereocenters. The highest BCUT2D eigenvalue weighted by Gasteiger charge is 2.19. The van der Waals surface area contributed by atoms with Gasteiger partial charge >= 0.3 is 0 Å². The Hall–Kier alpha value is -1.56. The maximum Gasteiger partial charge on any atom is 0.258 e. The first-order valence-corrected chi connectivity index (χ1v) is 6.20. The fourth-order valence-electron chi connectivity index (χ4n) is 1.69. The van der Waals surface area contributed by atoms with Crippen molar-refractivity contribution < 1.29 is 13.7 Å². The minimum Gasteiger partial charge on any atom is -0.457 e. The van der Waals surface area contributed by atoms with Crippen molar-refractivity contribution in [1.29, 1.82) is 0 Å². The minimum atomic E-state index is -0.115. The van der Waals surface area contributed by atoms with Gasteiger partial charge in [0.1, 0.15) is 5.76 Å². The molecule has 2 aromatic heterocycles. The highest BCUT2D eigenvalue weighted by atomic mass is 79.9. The molecule has 18 heavy (non-hydrogen) atoms. The first-order chi connectivity index (χ1) is 8.50. The molecule has 2 heterocycles. The largest absolute Gasteiger partial charge is 0.457 e. The first-order valence-electron chi connectivity index (χ1n) is 5.41. The average molecular weight is 313 g/mol. The molecule has 0 aliphatic heterocycles. The van der Waals surface area contributed by atoms with Crippen LogP contribution >= 0.6 is 15.9 Å². The molecule has 0 N–H and O–H groups in total. The van der Waals surface area contributed by atoms with Gasteiger partial charge in [0.05, 0.1) is 24.1 Å². The van der Waals surface area contributed by atoms with E-state index in [9.17, 15) is 4.79 Å². The maximum atomic E-state index is 12.2. The molecule has 0 unspecified atom stereocenters. The molecule has 0 aromatic carbocycles. The predicted octanol–water partition coefficient (Wildman–Crippen LogP) is 2.92. The molecule has 96 valence electrons. The summed E-state index contributed by atoms with van der Waals surface area (Å²) in [4.78, 5) is 13.8. The van der Waals surface area contributed by atoms with Gasteiger partial charge in [-0.3, -0.25) is 4.79 Å². The van der Waals surface area contributed by atoms with E-state index in [1.54, 1.807) is 18.0 Å². The molecule has 0 radical (unpaired) electrons. The Morgan fingerprint density at radius 1 is 1.50 bits per heavy atom. The highest BCUT2D eigenvalue weighted by Crippen LogP contribution is 2.21. The van der Waals surface area contributed by atoms with Crippen LogP contribution in [0, 0.1) is 13.8 Å². The van der Waals surface area contributed by atoms with Crippen LogP contribution in [0.1, 0.15) is 27.4 Å². The second kappa shape index (κ2) is 4.97. The molecule has 2 rings (SSSR count). The number of furan rings is 1. The molecule has 0 aliphatic carbocycles. The van der Waals surface area contributed by atoms with Crippen molar-refractivity contribution in [3.63, 3.8) is 0 Å². The lowest BCUT2D eigenvalue weighted by molar-refractivity contribution is 0.0782. The maximum absolute atomic E-state index is 12.2. The zero-order valence-electron chi connectivity index (χ0n) is 10.4. The summed E-state index contributed by atoms with van der Waals surface area (Å²) in [5.41, 5.74) is 2.24. The third-order valence-electron chi connectivity index (χ3n) is 2.77. The second-order valence-electron chi connectivity index (χ2n) is 4.07. The van der Waals surface area contributed by atoms with Crippen molar-refractivity contribution in [3.05, 3.63) is 39.6 Å². The van der Waals surface area contributed by atoms with E-state index in [1.807, 2.05) is 13.8 Å². The molecule has 0 aliphatic rings. The summed E-state index contributed by atoms with van der Waals surface area (Å²) in [5, 5.41) is 3.87. The molecule has 5 nitrogen and oxygen atoms in total. The van der Waals surface area contributed by atoms with Crippen LogP contribution in [0.5, 0.6) is 0 Å². The number of nitrogens with zero attached hydrogens (tertiary/aromatic N) is 2. The summed E-state index contributed by atoms with van der Waals surface area (Å²) in [5.74, 6) is 0.619. The fraction of sp³-hybridized carbons (Fsp3) is 0.333. The van der Waals surface area contributed by atoms with Crippen LogP contribution in [0.15, 0.2) is 25.9 Å². The number of hydrogen-bond donors (Lipinski definition) is 0. The zero-order chi connectivity index (χ0) is 13.3. The summed E-state index contributed by atoms with van der Waals surface area (Å²) < 4.78 is 10.6. The Kier molecular flexibility index (Phi) is 3.56. The van der Waals surface area contributed by atoms with E-state index in [1.165, 1.54) is 6.26 Å². The Bertz CT molecular complexity index is 554. The Morgan fingerprint density at radius 2 is 2.22 bits per heavy atom. The van der Waals surface area contributed by atoms with Gasteiger partial charge in [0.15, 0.2) is 4.67 Å². The number of aryl methyl sites for hydroxylation is 2. The molecule has 0 saturated heterocycles. The molecule has 0 saturated carbocycles. The number of carbonyl (C=O) groups excluding carboxylic acids is 1. The number of aromatic nitrogens is 1. The minimum absolute atomic E-state index is 0.115. The zero-order valence-corrected chi connectivity index (χ0v) is 11.9. The van der Waals surface area contributed by atoms with Gasteiger partial charge in [0, 0.05) is 12.6 Å². The van der Waals surface area contributed by atoms with Gasteiger partial charge in [-0.2, -0.15) is 0 Å². The van der Waals surface area contributed by atoms with Gasteiger partial charge < -0.3 is 13.8 Å². The van der Waals surface area contributed by atoms with Gasteiger partial charge in [-0.15, -0.1) is 0 Å². The summed E-state index contributed by atoms with van der Waals surface area (Å²) in [6, 6.07) is 1.64. The standard InChI is InChI=1S/C12H13BrN2O3/c1-7-10(8(2)18-14-7)6-15(3)12(16)9-4-5-17-11(9)13/h4-5H,6H2,1-3H3. The molecular formula is C12H13BrN2O3. The van der Waals surface area contributed by atoms with Crippen molar-refractivity contribution in [2.45, 2.75) is 20.4 Å². The fourth-order valence-corrected chi connectivity index (χ4v) is 2.10. The number of hydrogen-bond acceptors (Lipinski definition) is 4. The molecule has 1 amide bonds. The van der Waals surface area contributed by atoms with Gasteiger partial charge in [0.25, 0.3) is 5.91 Å². The third kappa shape index (κ3) is 2.33. The van der Waals surface area contributed by atoms with Crippen molar-refractivity contribution in [2.75, 3.05) is 7.05 Å². The van der Waals surface area contributed by atoms with Crippen molar-refractivity contribution in [2.24, 2.45) is 0 Å². The monoisotopic (exact) mass is 312 g/mol. The quantitative estimate of drug-likeness (QED) is 0.874. The van der Waals surface area contributed by atoms with E-state index in [0.29, 0.717) is 16.8 Å². The summed E-state index contributed by atoms with van der Waals surface area (Å²) >= 11 is 3.20. The number of carbonyl (C=O) groups is 1. The van der Waals surface area contributed by atoms with E-state index < -0.39 is 0 Å². The van der Waals surface area contributed by atoms with E-state index in [0.717, 1.165) is 17.0 Å². The SMILES string of the molecule is Cc1noc(C)c1CN(C)C(=O)c1ccoc1Br. The van der Waals surface area contributed by atoms with Crippen LogP contribution in [-0.2, 0) is 6.54 Å². The van der Waals surface area contributed by atoms with E-state index in [-0.39, 0.29) is 5.91 Å². The Morgan fingerprint density at radius 3 is 2.72 bits per heavy atom. The Labute approximate surface area is 113 Å². The summed E-state index contributed by atoms with van der Waals surface area (Å²) in [7, 11) is 1.73. The normalized spacial score (nSPS) is 10.7. The first kappa shape index (κ1) is 12.9. The van der Waals surface area contributed by atoms with Gasteiger partial charge in [-0.1, -0.05) is 5.16 Å². The molecule has 0 fully saturated rings. The highest BCUT2D eigenvalue weighted by molar-refractivity contribution is 9.10. The van der Waals surface area contributed by atoms with E-state index >= 15 is 0 Å². The smallest absolute Gasteiger partial charge is 0.258 e. The van der Waals surface area contributed by atoms with Crippen LogP contribution in [0.3, 0.4) is 0 Å². The topological polar surface area (TPSA) is 59.5 Å². The number of halogens is 1. The number of rotatable bonds is 3. The lowest BCUT2D eigenvalue weighted by Gasteiger charge is -2.16. The molecule has 6 heteroatoms. The average Bonchev–Trinajstić information content (AvgIpc) is 2.88. The van der Waals surface area contributed by atoms with Gasteiger partial charge in [-0.25, -0.2) is 0 Å². The van der Waals surface area contributed by atoms with Crippen LogP contribution < -0.4 is 0 Å². The molecule has 2 aromatic rings. The lowest BCUT2D eigenvalue weighted by Crippen LogP contribution is -2.26. The second-order valence-corrected chi connectivity index (χ2v) is 4.79. The van der Waals surface area contributed by atoms with Crippen LogP contribution in [-0.4, -0.2) is 23.0 Å². The van der Waals surface area contributed by atoms with Gasteiger partial charge in [-0.05, 0) is 35.8 Å². The van der Waals surface area contributed by atoms with E-state index in [4.69, 9.17) is 8.94 Å².